The van der Waals surface area contributed by atoms with Crippen molar-refractivity contribution in [2.45, 2.75) is 12.5 Å². The molecule has 0 aliphatic rings. The second kappa shape index (κ2) is 6.81. The zero-order valence-corrected chi connectivity index (χ0v) is 11.6. The Morgan fingerprint density at radius 2 is 2.30 bits per heavy atom. The van der Waals surface area contributed by atoms with Gasteiger partial charge in [0.1, 0.15) is 0 Å². The van der Waals surface area contributed by atoms with Crippen molar-refractivity contribution in [1.29, 1.82) is 0 Å². The van der Waals surface area contributed by atoms with Gasteiger partial charge in [-0.2, -0.15) is 5.10 Å². The largest absolute Gasteiger partial charge is 0.382 e. The van der Waals surface area contributed by atoms with Crippen LogP contribution in [0.5, 0.6) is 0 Å². The quantitative estimate of drug-likeness (QED) is 0.848. The monoisotopic (exact) mass is 274 g/mol. The van der Waals surface area contributed by atoms with Crippen LogP contribution >= 0.6 is 0 Å². The fourth-order valence-corrected chi connectivity index (χ4v) is 2.03. The molecule has 20 heavy (non-hydrogen) atoms. The summed E-state index contributed by atoms with van der Waals surface area (Å²) in [6, 6.07) is 5.35. The van der Waals surface area contributed by atoms with Gasteiger partial charge in [-0.1, -0.05) is 6.07 Å². The molecule has 0 aromatic carbocycles. The number of ether oxygens (including phenoxy) is 1. The summed E-state index contributed by atoms with van der Waals surface area (Å²) in [6.07, 6.45) is 5.37. The van der Waals surface area contributed by atoms with Gasteiger partial charge in [0.15, 0.2) is 0 Å². The standard InChI is InChI=1S/C14H18N4O2/c1-18-13(5-7-16-18)12(10-20-2)17-14(19)8-11-4-3-6-15-9-11/h3-7,9,12H,8,10H2,1-2H3,(H,17,19)/t12-/m1/s1. The van der Waals surface area contributed by atoms with Gasteiger partial charge in [-0.25, -0.2) is 0 Å². The Balaban J connectivity index is 2.01. The Hall–Kier alpha value is -2.21. The van der Waals surface area contributed by atoms with Crippen molar-refractivity contribution >= 4 is 5.91 Å². The van der Waals surface area contributed by atoms with E-state index in [1.165, 1.54) is 0 Å². The van der Waals surface area contributed by atoms with Gasteiger partial charge >= 0.3 is 0 Å². The van der Waals surface area contributed by atoms with Crippen molar-refractivity contribution in [2.75, 3.05) is 13.7 Å². The van der Waals surface area contributed by atoms with E-state index in [0.29, 0.717) is 13.0 Å². The number of hydrogen-bond donors (Lipinski definition) is 1. The van der Waals surface area contributed by atoms with Crippen LogP contribution in [0, 0.1) is 0 Å². The van der Waals surface area contributed by atoms with Gasteiger partial charge in [-0.3, -0.25) is 14.5 Å². The molecule has 6 heteroatoms. The lowest BCUT2D eigenvalue weighted by atomic mass is 10.1. The van der Waals surface area contributed by atoms with Crippen molar-refractivity contribution in [1.82, 2.24) is 20.1 Å². The first-order valence-corrected chi connectivity index (χ1v) is 6.36. The highest BCUT2D eigenvalue weighted by Gasteiger charge is 2.17. The highest BCUT2D eigenvalue weighted by molar-refractivity contribution is 5.78. The first-order valence-electron chi connectivity index (χ1n) is 6.36. The number of hydrogen-bond acceptors (Lipinski definition) is 4. The number of aromatic nitrogens is 3. The van der Waals surface area contributed by atoms with Crippen molar-refractivity contribution in [3.8, 4) is 0 Å². The molecule has 2 heterocycles. The predicted molar refractivity (Wildman–Crippen MR) is 73.9 cm³/mol. The molecule has 0 unspecified atom stereocenters. The third-order valence-corrected chi connectivity index (χ3v) is 2.97. The lowest BCUT2D eigenvalue weighted by Crippen LogP contribution is -2.33. The molecule has 1 N–H and O–H groups in total. The molecule has 0 saturated heterocycles. The molecule has 6 nitrogen and oxygen atoms in total. The van der Waals surface area contributed by atoms with Gasteiger partial charge in [0, 0.05) is 32.7 Å². The molecule has 0 fully saturated rings. The maximum absolute atomic E-state index is 12.1. The number of amides is 1. The van der Waals surface area contributed by atoms with Gasteiger partial charge in [-0.05, 0) is 17.7 Å². The van der Waals surface area contributed by atoms with Gasteiger partial charge in [0.05, 0.1) is 24.8 Å². The van der Waals surface area contributed by atoms with E-state index in [9.17, 15) is 4.79 Å². The minimum atomic E-state index is -0.211. The third-order valence-electron chi connectivity index (χ3n) is 2.97. The van der Waals surface area contributed by atoms with E-state index in [2.05, 4.69) is 15.4 Å². The van der Waals surface area contributed by atoms with Crippen LogP contribution in [0.25, 0.3) is 0 Å². The van der Waals surface area contributed by atoms with Crippen molar-refractivity contribution in [3.05, 3.63) is 48.0 Å². The molecule has 0 aliphatic carbocycles. The predicted octanol–water partition coefficient (Wildman–Crippen LogP) is 0.861. The van der Waals surface area contributed by atoms with Crippen molar-refractivity contribution < 1.29 is 9.53 Å². The molecule has 0 radical (unpaired) electrons. The van der Waals surface area contributed by atoms with Crippen LogP contribution in [0.3, 0.4) is 0 Å². The van der Waals surface area contributed by atoms with E-state index in [1.54, 1.807) is 30.4 Å². The zero-order valence-electron chi connectivity index (χ0n) is 11.6. The summed E-state index contributed by atoms with van der Waals surface area (Å²) in [5, 5.41) is 7.07. The molecule has 2 rings (SSSR count). The summed E-state index contributed by atoms with van der Waals surface area (Å²) in [6.45, 7) is 0.401. The average Bonchev–Trinajstić information content (AvgIpc) is 2.85. The number of carbonyl (C=O) groups excluding carboxylic acids is 1. The van der Waals surface area contributed by atoms with E-state index in [0.717, 1.165) is 11.3 Å². The average molecular weight is 274 g/mol. The van der Waals surface area contributed by atoms with E-state index >= 15 is 0 Å². The summed E-state index contributed by atoms with van der Waals surface area (Å²) in [5.74, 6) is -0.0683. The Bertz CT molecular complexity index is 553. The van der Waals surface area contributed by atoms with Crippen LogP contribution < -0.4 is 5.32 Å². The Kier molecular flexibility index (Phi) is 4.84. The third kappa shape index (κ3) is 3.64. The first kappa shape index (κ1) is 14.2. The van der Waals surface area contributed by atoms with Crippen LogP contribution in [0.4, 0.5) is 0 Å². The smallest absolute Gasteiger partial charge is 0.225 e. The number of nitrogens with zero attached hydrogens (tertiary/aromatic N) is 3. The summed E-state index contributed by atoms with van der Waals surface area (Å²) in [5.41, 5.74) is 1.79. The molecule has 0 aliphatic heterocycles. The van der Waals surface area contributed by atoms with Crippen LogP contribution in [-0.2, 0) is 23.0 Å². The van der Waals surface area contributed by atoms with Crippen molar-refractivity contribution in [3.63, 3.8) is 0 Å². The fraction of sp³-hybridized carbons (Fsp3) is 0.357. The van der Waals surface area contributed by atoms with E-state index in [1.807, 2.05) is 25.2 Å². The summed E-state index contributed by atoms with van der Waals surface area (Å²) in [4.78, 5) is 16.1. The van der Waals surface area contributed by atoms with Crippen LogP contribution in [-0.4, -0.2) is 34.4 Å². The Labute approximate surface area is 117 Å². The van der Waals surface area contributed by atoms with Crippen LogP contribution in [0.1, 0.15) is 17.3 Å². The molecule has 1 atom stereocenters. The van der Waals surface area contributed by atoms with E-state index in [-0.39, 0.29) is 11.9 Å². The molecular formula is C14H18N4O2. The highest BCUT2D eigenvalue weighted by Crippen LogP contribution is 2.12. The lowest BCUT2D eigenvalue weighted by molar-refractivity contribution is -0.121. The normalized spacial score (nSPS) is 12.1. The molecule has 0 saturated carbocycles. The topological polar surface area (TPSA) is 69.0 Å². The molecule has 1 amide bonds. The number of carbonyl (C=O) groups is 1. The SMILES string of the molecule is COC[C@@H](NC(=O)Cc1cccnc1)c1ccnn1C. The first-order chi connectivity index (χ1) is 9.70. The number of methoxy groups -OCH3 is 1. The minimum absolute atomic E-state index is 0.0683. The maximum Gasteiger partial charge on any atom is 0.225 e. The molecule has 0 bridgehead atoms. The number of aryl methyl sites for hydroxylation is 1. The van der Waals surface area contributed by atoms with Gasteiger partial charge in [0.2, 0.25) is 5.91 Å². The lowest BCUT2D eigenvalue weighted by Gasteiger charge is -2.18. The molecule has 2 aromatic rings. The summed E-state index contributed by atoms with van der Waals surface area (Å²) < 4.78 is 6.90. The number of nitrogens with one attached hydrogen (secondary N) is 1. The molecule has 2 aromatic heterocycles. The van der Waals surface area contributed by atoms with Gasteiger partial charge < -0.3 is 10.1 Å². The fourth-order valence-electron chi connectivity index (χ4n) is 2.03. The second-order valence-corrected chi connectivity index (χ2v) is 4.49. The van der Waals surface area contributed by atoms with E-state index in [4.69, 9.17) is 4.74 Å². The number of pyridine rings is 1. The van der Waals surface area contributed by atoms with Crippen LogP contribution in [0.2, 0.25) is 0 Å². The Morgan fingerprint density at radius 3 is 2.90 bits per heavy atom. The molecule has 106 valence electrons. The maximum atomic E-state index is 12.1. The molecule has 0 spiro atoms. The summed E-state index contributed by atoms with van der Waals surface area (Å²) in [7, 11) is 3.45. The summed E-state index contributed by atoms with van der Waals surface area (Å²) >= 11 is 0. The molecular weight excluding hydrogens is 256 g/mol. The van der Waals surface area contributed by atoms with Gasteiger partial charge in [-0.15, -0.1) is 0 Å². The Morgan fingerprint density at radius 1 is 1.45 bits per heavy atom. The minimum Gasteiger partial charge on any atom is -0.382 e. The van der Waals surface area contributed by atoms with E-state index < -0.39 is 0 Å². The second-order valence-electron chi connectivity index (χ2n) is 4.49. The highest BCUT2D eigenvalue weighted by atomic mass is 16.5. The van der Waals surface area contributed by atoms with Crippen LogP contribution in [0.15, 0.2) is 36.8 Å². The number of rotatable bonds is 6. The zero-order chi connectivity index (χ0) is 14.4. The van der Waals surface area contributed by atoms with Crippen molar-refractivity contribution in [2.24, 2.45) is 7.05 Å². The van der Waals surface area contributed by atoms with Gasteiger partial charge in [0.25, 0.3) is 0 Å².